The number of carbonyl (C=O) groups excluding carboxylic acids is 1. The van der Waals surface area contributed by atoms with Crippen molar-refractivity contribution in [1.82, 2.24) is 10.2 Å². The third-order valence-electron chi connectivity index (χ3n) is 3.70. The largest absolute Gasteiger partial charge is 0.457 e. The van der Waals surface area contributed by atoms with Crippen molar-refractivity contribution < 1.29 is 9.53 Å². The fourth-order valence-corrected chi connectivity index (χ4v) is 2.27. The third-order valence-corrected chi connectivity index (χ3v) is 3.70. The summed E-state index contributed by atoms with van der Waals surface area (Å²) in [4.78, 5) is 14.4. The number of likely N-dealkylation sites (N-methyl/N-ethyl adjacent to an activating group) is 1. The second kappa shape index (κ2) is 8.96. The average molecular weight is 312 g/mol. The number of carbonyl (C=O) groups is 1. The molecule has 1 N–H and O–H groups in total. The monoisotopic (exact) mass is 312 g/mol. The molecule has 0 unspecified atom stereocenters. The van der Waals surface area contributed by atoms with Crippen molar-refractivity contribution >= 4 is 5.91 Å². The lowest BCUT2D eigenvalue weighted by Gasteiger charge is -2.17. The van der Waals surface area contributed by atoms with Gasteiger partial charge in [-0.2, -0.15) is 0 Å². The van der Waals surface area contributed by atoms with Crippen LogP contribution < -0.4 is 10.1 Å². The van der Waals surface area contributed by atoms with Crippen LogP contribution in [-0.4, -0.2) is 37.0 Å². The molecule has 0 bridgehead atoms. The van der Waals surface area contributed by atoms with E-state index in [9.17, 15) is 4.79 Å². The second-order valence-electron chi connectivity index (χ2n) is 5.22. The maximum absolute atomic E-state index is 12.1. The van der Waals surface area contributed by atoms with E-state index in [4.69, 9.17) is 4.74 Å². The number of benzene rings is 2. The van der Waals surface area contributed by atoms with E-state index in [0.717, 1.165) is 31.1 Å². The van der Waals surface area contributed by atoms with Crippen molar-refractivity contribution in [2.45, 2.75) is 13.8 Å². The van der Waals surface area contributed by atoms with Crippen molar-refractivity contribution in [2.75, 3.05) is 26.2 Å². The fourth-order valence-electron chi connectivity index (χ4n) is 2.27. The second-order valence-corrected chi connectivity index (χ2v) is 5.22. The van der Waals surface area contributed by atoms with Gasteiger partial charge in [0.25, 0.3) is 5.91 Å². The predicted molar refractivity (Wildman–Crippen MR) is 93.1 cm³/mol. The Labute approximate surface area is 138 Å². The molecule has 0 aliphatic rings. The smallest absolute Gasteiger partial charge is 0.251 e. The van der Waals surface area contributed by atoms with E-state index in [1.807, 2.05) is 42.5 Å². The Hall–Kier alpha value is -2.33. The summed E-state index contributed by atoms with van der Waals surface area (Å²) in [7, 11) is 0. The normalized spacial score (nSPS) is 10.6. The summed E-state index contributed by atoms with van der Waals surface area (Å²) < 4.78 is 5.72. The molecule has 2 aromatic rings. The number of hydrogen-bond acceptors (Lipinski definition) is 3. The van der Waals surface area contributed by atoms with Crippen LogP contribution in [0.15, 0.2) is 54.6 Å². The molecule has 0 aliphatic heterocycles. The quantitative estimate of drug-likeness (QED) is 0.810. The Morgan fingerprint density at radius 2 is 1.57 bits per heavy atom. The first-order valence-corrected chi connectivity index (χ1v) is 8.06. The van der Waals surface area contributed by atoms with Gasteiger partial charge in [0.1, 0.15) is 11.5 Å². The molecule has 0 radical (unpaired) electrons. The lowest BCUT2D eigenvalue weighted by Crippen LogP contribution is -2.34. The fraction of sp³-hybridized carbons (Fsp3) is 0.316. The Bertz CT molecular complexity index is 593. The van der Waals surface area contributed by atoms with Crippen molar-refractivity contribution in [3.63, 3.8) is 0 Å². The minimum atomic E-state index is -0.0524. The molecule has 2 rings (SSSR count). The summed E-state index contributed by atoms with van der Waals surface area (Å²) in [6.07, 6.45) is 0. The van der Waals surface area contributed by atoms with Crippen LogP contribution in [0.25, 0.3) is 0 Å². The minimum absolute atomic E-state index is 0.0524. The topological polar surface area (TPSA) is 41.6 Å². The molecule has 0 fully saturated rings. The Kier molecular flexibility index (Phi) is 6.63. The highest BCUT2D eigenvalue weighted by atomic mass is 16.5. The Morgan fingerprint density at radius 1 is 0.957 bits per heavy atom. The zero-order chi connectivity index (χ0) is 16.5. The number of ether oxygens (including phenoxy) is 1. The van der Waals surface area contributed by atoms with E-state index < -0.39 is 0 Å². The number of nitrogens with one attached hydrogen (secondary N) is 1. The van der Waals surface area contributed by atoms with Crippen LogP contribution in [0.4, 0.5) is 0 Å². The third kappa shape index (κ3) is 5.42. The molecule has 2 aromatic carbocycles. The minimum Gasteiger partial charge on any atom is -0.457 e. The zero-order valence-corrected chi connectivity index (χ0v) is 13.8. The standard InChI is InChI=1S/C19H24N2O2/c1-3-21(4-2)15-14-20-19(22)16-10-12-18(13-11-16)23-17-8-6-5-7-9-17/h5-13H,3-4,14-15H2,1-2H3,(H,20,22). The van der Waals surface area contributed by atoms with Gasteiger partial charge in [0.15, 0.2) is 0 Å². The first-order chi connectivity index (χ1) is 11.2. The summed E-state index contributed by atoms with van der Waals surface area (Å²) in [6, 6.07) is 16.8. The molecule has 0 heterocycles. The summed E-state index contributed by atoms with van der Waals surface area (Å²) in [5.74, 6) is 1.45. The van der Waals surface area contributed by atoms with Crippen molar-refractivity contribution in [3.05, 3.63) is 60.2 Å². The number of para-hydroxylation sites is 1. The van der Waals surface area contributed by atoms with Gasteiger partial charge in [0, 0.05) is 18.7 Å². The molecule has 1 amide bonds. The van der Waals surface area contributed by atoms with Gasteiger partial charge < -0.3 is 15.0 Å². The van der Waals surface area contributed by atoms with Crippen LogP contribution in [0.3, 0.4) is 0 Å². The summed E-state index contributed by atoms with van der Waals surface area (Å²) in [5.41, 5.74) is 0.643. The SMILES string of the molecule is CCN(CC)CCNC(=O)c1ccc(Oc2ccccc2)cc1. The Morgan fingerprint density at radius 3 is 2.17 bits per heavy atom. The first kappa shape index (κ1) is 17.0. The van der Waals surface area contributed by atoms with Gasteiger partial charge in [-0.25, -0.2) is 0 Å². The molecule has 0 saturated heterocycles. The molecule has 23 heavy (non-hydrogen) atoms. The van der Waals surface area contributed by atoms with Gasteiger partial charge >= 0.3 is 0 Å². The van der Waals surface area contributed by atoms with Crippen LogP contribution in [0.5, 0.6) is 11.5 Å². The van der Waals surface area contributed by atoms with Gasteiger partial charge in [0.05, 0.1) is 0 Å². The molecule has 122 valence electrons. The maximum atomic E-state index is 12.1. The number of rotatable bonds is 8. The zero-order valence-electron chi connectivity index (χ0n) is 13.8. The highest BCUT2D eigenvalue weighted by Gasteiger charge is 2.06. The molecular formula is C19H24N2O2. The van der Waals surface area contributed by atoms with Crippen molar-refractivity contribution in [2.24, 2.45) is 0 Å². The van der Waals surface area contributed by atoms with Crippen LogP contribution in [0, 0.1) is 0 Å². The summed E-state index contributed by atoms with van der Waals surface area (Å²) in [5, 5.41) is 2.95. The average Bonchev–Trinajstić information content (AvgIpc) is 2.60. The van der Waals surface area contributed by atoms with E-state index in [0.29, 0.717) is 12.1 Å². The highest BCUT2D eigenvalue weighted by Crippen LogP contribution is 2.20. The lowest BCUT2D eigenvalue weighted by atomic mass is 10.2. The Balaban J connectivity index is 1.85. The number of amides is 1. The molecule has 0 atom stereocenters. The maximum Gasteiger partial charge on any atom is 0.251 e. The number of nitrogens with zero attached hydrogens (tertiary/aromatic N) is 1. The van der Waals surface area contributed by atoms with Gasteiger partial charge in [-0.15, -0.1) is 0 Å². The number of hydrogen-bond donors (Lipinski definition) is 1. The van der Waals surface area contributed by atoms with Gasteiger partial charge in [-0.3, -0.25) is 4.79 Å². The van der Waals surface area contributed by atoms with E-state index in [1.54, 1.807) is 12.1 Å². The molecule has 0 spiro atoms. The van der Waals surface area contributed by atoms with Crippen molar-refractivity contribution in [3.8, 4) is 11.5 Å². The van der Waals surface area contributed by atoms with E-state index in [1.165, 1.54) is 0 Å². The van der Waals surface area contributed by atoms with Crippen LogP contribution >= 0.6 is 0 Å². The molecule has 0 aromatic heterocycles. The molecule has 4 heteroatoms. The lowest BCUT2D eigenvalue weighted by molar-refractivity contribution is 0.0949. The van der Waals surface area contributed by atoms with E-state index in [-0.39, 0.29) is 5.91 Å². The molecule has 4 nitrogen and oxygen atoms in total. The van der Waals surface area contributed by atoms with E-state index >= 15 is 0 Å². The molecular weight excluding hydrogens is 288 g/mol. The summed E-state index contributed by atoms with van der Waals surface area (Å²) >= 11 is 0. The van der Waals surface area contributed by atoms with Crippen LogP contribution in [-0.2, 0) is 0 Å². The van der Waals surface area contributed by atoms with Gasteiger partial charge in [0.2, 0.25) is 0 Å². The predicted octanol–water partition coefficient (Wildman–Crippen LogP) is 3.55. The van der Waals surface area contributed by atoms with Gasteiger partial charge in [-0.1, -0.05) is 32.0 Å². The van der Waals surface area contributed by atoms with Crippen LogP contribution in [0.2, 0.25) is 0 Å². The first-order valence-electron chi connectivity index (χ1n) is 8.06. The summed E-state index contributed by atoms with van der Waals surface area (Å²) in [6.45, 7) is 7.76. The molecule has 0 saturated carbocycles. The van der Waals surface area contributed by atoms with E-state index in [2.05, 4.69) is 24.1 Å². The highest BCUT2D eigenvalue weighted by molar-refractivity contribution is 5.94. The molecule has 0 aliphatic carbocycles. The van der Waals surface area contributed by atoms with Gasteiger partial charge in [-0.05, 0) is 49.5 Å². The van der Waals surface area contributed by atoms with Crippen molar-refractivity contribution in [1.29, 1.82) is 0 Å². The van der Waals surface area contributed by atoms with Crippen LogP contribution in [0.1, 0.15) is 24.2 Å².